The molecule has 1 aliphatic heterocycles. The first-order valence-corrected chi connectivity index (χ1v) is 7.68. The average Bonchev–Trinajstić information content (AvgIpc) is 2.55. The van der Waals surface area contributed by atoms with Crippen molar-refractivity contribution in [1.29, 1.82) is 0 Å². The van der Waals surface area contributed by atoms with Crippen molar-refractivity contribution in [3.05, 3.63) is 30.1 Å². The van der Waals surface area contributed by atoms with Gasteiger partial charge in [0.1, 0.15) is 11.6 Å². The maximum absolute atomic E-state index is 12.8. The van der Waals surface area contributed by atoms with Crippen LogP contribution in [0.25, 0.3) is 0 Å². The second-order valence-corrected chi connectivity index (χ2v) is 5.26. The van der Waals surface area contributed by atoms with Crippen LogP contribution in [0.3, 0.4) is 0 Å². The van der Waals surface area contributed by atoms with Gasteiger partial charge in [0.05, 0.1) is 6.61 Å². The predicted octanol–water partition coefficient (Wildman–Crippen LogP) is 1.94. The van der Waals surface area contributed by atoms with E-state index in [-0.39, 0.29) is 24.4 Å². The minimum absolute atomic E-state index is 0.0242. The van der Waals surface area contributed by atoms with E-state index in [1.807, 2.05) is 0 Å². The number of hydrogen-bond acceptors (Lipinski definition) is 4. The van der Waals surface area contributed by atoms with E-state index in [0.717, 1.165) is 0 Å². The van der Waals surface area contributed by atoms with Crippen LogP contribution in [0.4, 0.5) is 9.18 Å². The van der Waals surface area contributed by atoms with Gasteiger partial charge in [-0.15, -0.1) is 0 Å². The number of nitrogens with zero attached hydrogens (tertiary/aromatic N) is 1. The van der Waals surface area contributed by atoms with Crippen LogP contribution in [0, 0.1) is 5.82 Å². The van der Waals surface area contributed by atoms with Crippen molar-refractivity contribution in [2.24, 2.45) is 0 Å². The average molecular weight is 324 g/mol. The molecule has 1 fully saturated rings. The fourth-order valence-corrected chi connectivity index (χ4v) is 2.38. The lowest BCUT2D eigenvalue weighted by atomic mass is 10.1. The zero-order valence-corrected chi connectivity index (χ0v) is 13.1. The first-order valence-electron chi connectivity index (χ1n) is 7.68. The number of alkyl carbamates (subject to hydrolysis) is 1. The Morgan fingerprint density at radius 1 is 1.26 bits per heavy atom. The van der Waals surface area contributed by atoms with Crippen LogP contribution in [0.1, 0.15) is 19.8 Å². The first kappa shape index (κ1) is 17.1. The second-order valence-electron chi connectivity index (χ2n) is 5.26. The number of rotatable bonds is 5. The Morgan fingerprint density at radius 2 is 1.91 bits per heavy atom. The summed E-state index contributed by atoms with van der Waals surface area (Å²) < 4.78 is 23.0. The van der Waals surface area contributed by atoms with Gasteiger partial charge in [-0.2, -0.15) is 0 Å². The third-order valence-electron chi connectivity index (χ3n) is 3.62. The van der Waals surface area contributed by atoms with Crippen molar-refractivity contribution in [2.45, 2.75) is 25.8 Å². The molecule has 0 radical (unpaired) electrons. The predicted molar refractivity (Wildman–Crippen MR) is 81.7 cm³/mol. The molecule has 23 heavy (non-hydrogen) atoms. The highest BCUT2D eigenvalue weighted by Gasteiger charge is 2.24. The maximum atomic E-state index is 12.8. The Hall–Kier alpha value is -2.31. The quantitative estimate of drug-likeness (QED) is 0.899. The van der Waals surface area contributed by atoms with E-state index in [9.17, 15) is 14.0 Å². The molecule has 2 rings (SSSR count). The standard InChI is InChI=1S/C16H21FN2O4/c1-2-22-16(21)18-13-7-9-19(10-8-13)15(20)11-23-14-5-3-12(17)4-6-14/h3-6,13H,2,7-11H2,1H3,(H,18,21). The lowest BCUT2D eigenvalue weighted by Crippen LogP contribution is -2.47. The van der Waals surface area contributed by atoms with Crippen molar-refractivity contribution in [3.8, 4) is 5.75 Å². The van der Waals surface area contributed by atoms with Crippen molar-refractivity contribution < 1.29 is 23.5 Å². The topological polar surface area (TPSA) is 67.9 Å². The summed E-state index contributed by atoms with van der Waals surface area (Å²) in [4.78, 5) is 25.1. The molecule has 126 valence electrons. The molecule has 7 heteroatoms. The number of likely N-dealkylation sites (tertiary alicyclic amines) is 1. The molecular formula is C16H21FN2O4. The number of piperidine rings is 1. The van der Waals surface area contributed by atoms with Gasteiger partial charge >= 0.3 is 6.09 Å². The lowest BCUT2D eigenvalue weighted by molar-refractivity contribution is -0.134. The summed E-state index contributed by atoms with van der Waals surface area (Å²) in [6, 6.07) is 5.56. The Kier molecular flexibility index (Phi) is 6.19. The minimum Gasteiger partial charge on any atom is -0.484 e. The van der Waals surface area contributed by atoms with Crippen LogP contribution in [-0.4, -0.2) is 49.2 Å². The highest BCUT2D eigenvalue weighted by Crippen LogP contribution is 2.13. The van der Waals surface area contributed by atoms with Crippen LogP contribution in [0.5, 0.6) is 5.75 Å². The van der Waals surface area contributed by atoms with Crippen molar-refractivity contribution in [1.82, 2.24) is 10.2 Å². The molecule has 1 saturated heterocycles. The normalized spacial score (nSPS) is 15.1. The van der Waals surface area contributed by atoms with E-state index in [4.69, 9.17) is 9.47 Å². The zero-order chi connectivity index (χ0) is 16.7. The van der Waals surface area contributed by atoms with Crippen molar-refractivity contribution >= 4 is 12.0 Å². The molecule has 2 amide bonds. The maximum Gasteiger partial charge on any atom is 0.407 e. The van der Waals surface area contributed by atoms with Gasteiger partial charge in [0.25, 0.3) is 5.91 Å². The number of ether oxygens (including phenoxy) is 2. The summed E-state index contributed by atoms with van der Waals surface area (Å²) in [7, 11) is 0. The van der Waals surface area contributed by atoms with Crippen LogP contribution in [-0.2, 0) is 9.53 Å². The Bertz CT molecular complexity index is 527. The van der Waals surface area contributed by atoms with Crippen LogP contribution in [0.2, 0.25) is 0 Å². The smallest absolute Gasteiger partial charge is 0.407 e. The van der Waals surface area contributed by atoms with E-state index in [1.54, 1.807) is 11.8 Å². The minimum atomic E-state index is -0.420. The van der Waals surface area contributed by atoms with E-state index >= 15 is 0 Å². The van der Waals surface area contributed by atoms with Gasteiger partial charge < -0.3 is 19.7 Å². The molecule has 1 aromatic carbocycles. The van der Waals surface area contributed by atoms with Gasteiger partial charge in [-0.3, -0.25) is 4.79 Å². The summed E-state index contributed by atoms with van der Waals surface area (Å²) in [5, 5.41) is 2.78. The summed E-state index contributed by atoms with van der Waals surface area (Å²) >= 11 is 0. The van der Waals surface area contributed by atoms with Crippen molar-refractivity contribution in [3.63, 3.8) is 0 Å². The number of amides is 2. The summed E-state index contributed by atoms with van der Waals surface area (Å²) in [5.74, 6) is -0.0117. The highest BCUT2D eigenvalue weighted by molar-refractivity contribution is 5.78. The molecule has 0 aliphatic carbocycles. The van der Waals surface area contributed by atoms with Gasteiger partial charge in [0.2, 0.25) is 0 Å². The number of halogens is 1. The van der Waals surface area contributed by atoms with Crippen LogP contribution < -0.4 is 10.1 Å². The largest absolute Gasteiger partial charge is 0.484 e. The van der Waals surface area contributed by atoms with E-state index in [0.29, 0.717) is 38.3 Å². The number of nitrogens with one attached hydrogen (secondary N) is 1. The van der Waals surface area contributed by atoms with Gasteiger partial charge in [-0.25, -0.2) is 9.18 Å². The van der Waals surface area contributed by atoms with Crippen LogP contribution >= 0.6 is 0 Å². The monoisotopic (exact) mass is 324 g/mol. The molecule has 6 nitrogen and oxygen atoms in total. The number of hydrogen-bond donors (Lipinski definition) is 1. The molecule has 0 atom stereocenters. The molecule has 0 unspecified atom stereocenters. The molecule has 1 aliphatic rings. The fraction of sp³-hybridized carbons (Fsp3) is 0.500. The Labute approximate surface area is 134 Å². The fourth-order valence-electron chi connectivity index (χ4n) is 2.38. The summed E-state index contributed by atoms with van der Waals surface area (Å²) in [6.45, 7) is 3.12. The van der Waals surface area contributed by atoms with Gasteiger partial charge in [-0.1, -0.05) is 0 Å². The van der Waals surface area contributed by atoms with E-state index in [1.165, 1.54) is 24.3 Å². The molecule has 1 heterocycles. The molecular weight excluding hydrogens is 303 g/mol. The number of benzene rings is 1. The SMILES string of the molecule is CCOC(=O)NC1CCN(C(=O)COc2ccc(F)cc2)CC1. The molecule has 1 aromatic rings. The molecule has 0 bridgehead atoms. The molecule has 0 spiro atoms. The zero-order valence-electron chi connectivity index (χ0n) is 13.1. The molecule has 1 N–H and O–H groups in total. The summed E-state index contributed by atoms with van der Waals surface area (Å²) in [5.41, 5.74) is 0. The van der Waals surface area contributed by atoms with Gasteiger partial charge in [0, 0.05) is 19.1 Å². The van der Waals surface area contributed by atoms with Gasteiger partial charge in [-0.05, 0) is 44.0 Å². The second kappa shape index (κ2) is 8.36. The van der Waals surface area contributed by atoms with E-state index in [2.05, 4.69) is 5.32 Å². The van der Waals surface area contributed by atoms with Crippen molar-refractivity contribution in [2.75, 3.05) is 26.3 Å². The Morgan fingerprint density at radius 3 is 2.52 bits per heavy atom. The number of carbonyl (C=O) groups is 2. The number of carbonyl (C=O) groups excluding carboxylic acids is 2. The molecule has 0 aromatic heterocycles. The first-order chi connectivity index (χ1) is 11.1. The highest BCUT2D eigenvalue weighted by atomic mass is 19.1. The molecule has 0 saturated carbocycles. The Balaban J connectivity index is 1.71. The third kappa shape index (κ3) is 5.43. The van der Waals surface area contributed by atoms with E-state index < -0.39 is 6.09 Å². The lowest BCUT2D eigenvalue weighted by Gasteiger charge is -2.32. The van der Waals surface area contributed by atoms with Crippen LogP contribution in [0.15, 0.2) is 24.3 Å². The summed E-state index contributed by atoms with van der Waals surface area (Å²) in [6.07, 6.45) is 0.944. The van der Waals surface area contributed by atoms with Gasteiger partial charge in [0.15, 0.2) is 6.61 Å². The third-order valence-corrected chi connectivity index (χ3v) is 3.62.